The first-order chi connectivity index (χ1) is 15.5. The molecule has 0 fully saturated rings. The lowest BCUT2D eigenvalue weighted by molar-refractivity contribution is -0.123. The van der Waals surface area contributed by atoms with Gasteiger partial charge in [0, 0.05) is 16.0 Å². The summed E-state index contributed by atoms with van der Waals surface area (Å²) in [6.07, 6.45) is 2.35. The molecule has 0 radical (unpaired) electrons. The molecule has 4 rings (SSSR count). The van der Waals surface area contributed by atoms with Crippen molar-refractivity contribution in [1.82, 2.24) is 5.32 Å². The molecule has 1 N–H and O–H groups in total. The first kappa shape index (κ1) is 22.1. The molecule has 0 aliphatic carbocycles. The van der Waals surface area contributed by atoms with Gasteiger partial charge in [-0.2, -0.15) is 0 Å². The summed E-state index contributed by atoms with van der Waals surface area (Å²) in [6.45, 7) is 0.358. The van der Waals surface area contributed by atoms with Crippen LogP contribution < -0.4 is 15.0 Å². The zero-order valence-corrected chi connectivity index (χ0v) is 19.4. The largest absolute Gasteiger partial charge is 0.449 e. The Morgan fingerprint density at radius 1 is 1.06 bits per heavy atom. The van der Waals surface area contributed by atoms with Crippen LogP contribution in [0.2, 0.25) is 5.02 Å². The highest BCUT2D eigenvalue weighted by Gasteiger charge is 2.31. The molecule has 3 aromatic carbocycles. The second kappa shape index (κ2) is 10.0. The molecule has 7 heteroatoms. The van der Waals surface area contributed by atoms with Crippen LogP contribution in [0.3, 0.4) is 0 Å². The fraction of sp³-hybridized carbons (Fsp3) is 0.120. The second-order valence-electron chi connectivity index (χ2n) is 7.25. The number of amides is 2. The highest BCUT2D eigenvalue weighted by atomic mass is 79.9. The predicted molar refractivity (Wildman–Crippen MR) is 130 cm³/mol. The van der Waals surface area contributed by atoms with Crippen LogP contribution in [-0.2, 0) is 16.0 Å². The number of nitrogens with one attached hydrogen (secondary N) is 1. The van der Waals surface area contributed by atoms with E-state index in [1.165, 1.54) is 4.90 Å². The lowest BCUT2D eigenvalue weighted by Gasteiger charge is -2.30. The Morgan fingerprint density at radius 2 is 1.84 bits per heavy atom. The number of para-hydroxylation sites is 2. The van der Waals surface area contributed by atoms with Crippen LogP contribution in [0.4, 0.5) is 5.69 Å². The van der Waals surface area contributed by atoms with Crippen molar-refractivity contribution in [2.75, 3.05) is 18.0 Å². The molecule has 32 heavy (non-hydrogen) atoms. The maximum Gasteiger partial charge on any atom is 0.294 e. The van der Waals surface area contributed by atoms with E-state index in [1.807, 2.05) is 60.7 Å². The molecule has 1 heterocycles. The molecule has 1 aliphatic rings. The molecule has 2 amide bonds. The Morgan fingerprint density at radius 3 is 2.62 bits per heavy atom. The molecule has 0 bridgehead atoms. The van der Waals surface area contributed by atoms with Crippen LogP contribution in [0, 0.1) is 0 Å². The van der Waals surface area contributed by atoms with E-state index in [0.717, 1.165) is 15.6 Å². The summed E-state index contributed by atoms with van der Waals surface area (Å²) < 4.78 is 6.76. The monoisotopic (exact) mass is 510 g/mol. The average molecular weight is 512 g/mol. The Hall–Kier alpha value is -3.09. The number of ether oxygens (including phenoxy) is 1. The Kier molecular flexibility index (Phi) is 6.93. The van der Waals surface area contributed by atoms with Crippen LogP contribution in [0.1, 0.15) is 11.1 Å². The minimum absolute atomic E-state index is 0.102. The molecule has 3 aromatic rings. The Labute approximate surface area is 199 Å². The maximum atomic E-state index is 13.2. The fourth-order valence-corrected chi connectivity index (χ4v) is 3.91. The van der Waals surface area contributed by atoms with E-state index in [1.54, 1.807) is 18.2 Å². The van der Waals surface area contributed by atoms with Crippen LogP contribution in [0.5, 0.6) is 5.75 Å². The molecule has 0 spiro atoms. The average Bonchev–Trinajstić information content (AvgIpc) is 2.78. The SMILES string of the molecule is O=C(CN1C(=O)C(=Cc2cccc(Br)c2)Oc2ccccc21)NCCc1ccc(Cl)cc1. The van der Waals surface area contributed by atoms with Gasteiger partial charge in [0.1, 0.15) is 6.54 Å². The van der Waals surface area contributed by atoms with Crippen LogP contribution in [0.25, 0.3) is 6.08 Å². The van der Waals surface area contributed by atoms with E-state index in [9.17, 15) is 9.59 Å². The van der Waals surface area contributed by atoms with Crippen molar-refractivity contribution in [3.05, 3.63) is 99.2 Å². The highest BCUT2D eigenvalue weighted by molar-refractivity contribution is 9.10. The van der Waals surface area contributed by atoms with Gasteiger partial charge in [-0.15, -0.1) is 0 Å². The summed E-state index contributed by atoms with van der Waals surface area (Å²) in [5, 5.41) is 3.56. The minimum atomic E-state index is -0.364. The number of benzene rings is 3. The van der Waals surface area contributed by atoms with Crippen molar-refractivity contribution >= 4 is 51.1 Å². The van der Waals surface area contributed by atoms with Gasteiger partial charge in [0.2, 0.25) is 5.91 Å². The predicted octanol–water partition coefficient (Wildman–Crippen LogP) is 5.23. The number of rotatable bonds is 6. The maximum absolute atomic E-state index is 13.2. The van der Waals surface area contributed by atoms with Crippen LogP contribution in [-0.4, -0.2) is 24.9 Å². The van der Waals surface area contributed by atoms with Gasteiger partial charge >= 0.3 is 0 Å². The van der Waals surface area contributed by atoms with E-state index in [0.29, 0.717) is 29.4 Å². The first-order valence-electron chi connectivity index (χ1n) is 10.1. The van der Waals surface area contributed by atoms with Gasteiger partial charge in [-0.1, -0.05) is 63.9 Å². The van der Waals surface area contributed by atoms with Crippen LogP contribution in [0.15, 0.2) is 83.0 Å². The van der Waals surface area contributed by atoms with E-state index in [4.69, 9.17) is 16.3 Å². The number of nitrogens with zero attached hydrogens (tertiary/aromatic N) is 1. The van der Waals surface area contributed by atoms with Gasteiger partial charge in [-0.3, -0.25) is 14.5 Å². The molecular weight excluding hydrogens is 492 g/mol. The smallest absolute Gasteiger partial charge is 0.294 e. The zero-order chi connectivity index (χ0) is 22.5. The van der Waals surface area contributed by atoms with Crippen molar-refractivity contribution in [2.45, 2.75) is 6.42 Å². The number of fused-ring (bicyclic) bond motifs is 1. The molecular formula is C25H20BrClN2O3. The number of hydrogen-bond donors (Lipinski definition) is 1. The Balaban J connectivity index is 1.48. The standard InChI is InChI=1S/C25H20BrClN2O3/c26-19-5-3-4-18(14-19)15-23-25(31)29(21-6-1-2-7-22(21)32-23)16-24(30)28-13-12-17-8-10-20(27)11-9-17/h1-11,14-15H,12-13,16H2,(H,28,30). The van der Waals surface area contributed by atoms with Crippen molar-refractivity contribution < 1.29 is 14.3 Å². The highest BCUT2D eigenvalue weighted by Crippen LogP contribution is 2.35. The van der Waals surface area contributed by atoms with Gasteiger partial charge < -0.3 is 10.1 Å². The molecule has 0 saturated carbocycles. The molecule has 5 nitrogen and oxygen atoms in total. The third kappa shape index (κ3) is 5.39. The number of hydrogen-bond acceptors (Lipinski definition) is 3. The van der Waals surface area contributed by atoms with Crippen molar-refractivity contribution in [2.24, 2.45) is 0 Å². The summed E-state index contributed by atoms with van der Waals surface area (Å²) in [5.41, 5.74) is 2.45. The number of carbonyl (C=O) groups is 2. The van der Waals surface area contributed by atoms with Crippen molar-refractivity contribution in [3.8, 4) is 5.75 Å². The molecule has 162 valence electrons. The summed E-state index contributed by atoms with van der Waals surface area (Å²) in [5.74, 6) is 0.0837. The van der Waals surface area contributed by atoms with Gasteiger partial charge in [0.05, 0.1) is 5.69 Å². The van der Waals surface area contributed by atoms with Crippen molar-refractivity contribution in [1.29, 1.82) is 0 Å². The van der Waals surface area contributed by atoms with Gasteiger partial charge in [0.25, 0.3) is 5.91 Å². The normalized spacial score (nSPS) is 14.1. The first-order valence-corrected chi connectivity index (χ1v) is 11.2. The van der Waals surface area contributed by atoms with Crippen molar-refractivity contribution in [3.63, 3.8) is 0 Å². The third-order valence-electron chi connectivity index (χ3n) is 4.93. The second-order valence-corrected chi connectivity index (χ2v) is 8.60. The van der Waals surface area contributed by atoms with Gasteiger partial charge in [-0.05, 0) is 60.0 Å². The third-order valence-corrected chi connectivity index (χ3v) is 5.67. The molecule has 0 saturated heterocycles. The lowest BCUT2D eigenvalue weighted by atomic mass is 10.1. The zero-order valence-electron chi connectivity index (χ0n) is 17.1. The number of anilines is 1. The number of carbonyl (C=O) groups excluding carboxylic acids is 2. The minimum Gasteiger partial charge on any atom is -0.449 e. The molecule has 0 atom stereocenters. The summed E-state index contributed by atoms with van der Waals surface area (Å²) in [6, 6.07) is 22.2. The lowest BCUT2D eigenvalue weighted by Crippen LogP contribution is -2.44. The molecule has 1 aliphatic heterocycles. The Bertz CT molecular complexity index is 1180. The quantitative estimate of drug-likeness (QED) is 0.461. The van der Waals surface area contributed by atoms with E-state index >= 15 is 0 Å². The fourth-order valence-electron chi connectivity index (χ4n) is 3.36. The van der Waals surface area contributed by atoms with Gasteiger partial charge in [-0.25, -0.2) is 0 Å². The van der Waals surface area contributed by atoms with E-state index in [2.05, 4.69) is 21.2 Å². The summed E-state index contributed by atoms with van der Waals surface area (Å²) in [4.78, 5) is 27.2. The summed E-state index contributed by atoms with van der Waals surface area (Å²) in [7, 11) is 0. The summed E-state index contributed by atoms with van der Waals surface area (Å²) >= 11 is 9.34. The van der Waals surface area contributed by atoms with Crippen LogP contribution >= 0.6 is 27.5 Å². The van der Waals surface area contributed by atoms with E-state index in [-0.39, 0.29) is 24.1 Å². The number of halogens is 2. The van der Waals surface area contributed by atoms with E-state index < -0.39 is 0 Å². The molecule has 0 unspecified atom stereocenters. The van der Waals surface area contributed by atoms with Gasteiger partial charge in [0.15, 0.2) is 11.5 Å². The molecule has 0 aromatic heterocycles. The topological polar surface area (TPSA) is 58.6 Å².